The maximum Gasteiger partial charge on any atom is 0.323 e. The van der Waals surface area contributed by atoms with E-state index in [1.807, 2.05) is 0 Å². The number of rotatable bonds is 4. The number of hydrogen-bond acceptors (Lipinski definition) is 5. The molecule has 3 unspecified atom stereocenters. The van der Waals surface area contributed by atoms with Crippen molar-refractivity contribution in [2.75, 3.05) is 0 Å². The average Bonchev–Trinajstić information content (AvgIpc) is 2.00. The first-order valence-corrected chi connectivity index (χ1v) is 3.01. The summed E-state index contributed by atoms with van der Waals surface area (Å²) in [7, 11) is 0. The van der Waals surface area contributed by atoms with Crippen molar-refractivity contribution in [1.29, 1.82) is 0 Å². The van der Waals surface area contributed by atoms with Crippen LogP contribution in [0.15, 0.2) is 0 Å². The van der Waals surface area contributed by atoms with Crippen LogP contribution in [0.1, 0.15) is 0 Å². The van der Waals surface area contributed by atoms with Crippen LogP contribution in [0.2, 0.25) is 0 Å². The summed E-state index contributed by atoms with van der Waals surface area (Å²) in [6, 6.07) is -1.73. The van der Waals surface area contributed by atoms with Crippen molar-refractivity contribution in [1.82, 2.24) is 0 Å². The quantitative estimate of drug-likeness (QED) is 0.303. The zero-order chi connectivity index (χ0) is 9.89. The molecule has 0 radical (unpaired) electrons. The van der Waals surface area contributed by atoms with Crippen LogP contribution in [-0.2, 0) is 9.59 Å². The van der Waals surface area contributed by atoms with Gasteiger partial charge in [0.15, 0.2) is 6.10 Å². The van der Waals surface area contributed by atoms with Crippen LogP contribution in [0.5, 0.6) is 0 Å². The summed E-state index contributed by atoms with van der Waals surface area (Å²) in [5, 5.41) is 25.9. The summed E-state index contributed by atoms with van der Waals surface area (Å²) >= 11 is 0. The lowest BCUT2D eigenvalue weighted by Gasteiger charge is -2.17. The summed E-state index contributed by atoms with van der Waals surface area (Å²) in [6.07, 6.45) is -3.85. The van der Waals surface area contributed by atoms with Gasteiger partial charge in [0.1, 0.15) is 12.1 Å². The van der Waals surface area contributed by atoms with Gasteiger partial charge >= 0.3 is 5.97 Å². The number of carbonyl (C=O) groups excluding carboxylic acids is 1. The van der Waals surface area contributed by atoms with E-state index in [2.05, 4.69) is 5.73 Å². The Bertz CT molecular complexity index is 174. The van der Waals surface area contributed by atoms with Gasteiger partial charge in [-0.05, 0) is 0 Å². The first-order valence-electron chi connectivity index (χ1n) is 3.01. The van der Waals surface area contributed by atoms with Crippen molar-refractivity contribution in [2.45, 2.75) is 18.2 Å². The highest BCUT2D eigenvalue weighted by Crippen LogP contribution is 1.97. The Kier molecular flexibility index (Phi) is 3.61. The molecular weight excluding hydrogens is 168 g/mol. The second-order valence-corrected chi connectivity index (χ2v) is 2.20. The third kappa shape index (κ3) is 2.46. The van der Waals surface area contributed by atoms with Crippen molar-refractivity contribution in [3.05, 3.63) is 0 Å². The number of aliphatic hydroxyl groups is 2. The monoisotopic (exact) mass is 178 g/mol. The van der Waals surface area contributed by atoms with E-state index in [4.69, 9.17) is 21.1 Å². The largest absolute Gasteiger partial charge is 0.480 e. The minimum Gasteiger partial charge on any atom is -0.480 e. The van der Waals surface area contributed by atoms with Crippen molar-refractivity contribution in [3.8, 4) is 0 Å². The Morgan fingerprint density at radius 1 is 1.25 bits per heavy atom. The number of amides is 1. The first kappa shape index (κ1) is 10.8. The number of aliphatic carboxylic acids is 1. The zero-order valence-corrected chi connectivity index (χ0v) is 6.04. The zero-order valence-electron chi connectivity index (χ0n) is 6.04. The van der Waals surface area contributed by atoms with Gasteiger partial charge < -0.3 is 26.8 Å². The van der Waals surface area contributed by atoms with Gasteiger partial charge in [-0.1, -0.05) is 0 Å². The smallest absolute Gasteiger partial charge is 0.323 e. The van der Waals surface area contributed by atoms with Crippen LogP contribution >= 0.6 is 0 Å². The fourth-order valence-electron chi connectivity index (χ4n) is 0.511. The first-order chi connectivity index (χ1) is 5.37. The lowest BCUT2D eigenvalue weighted by atomic mass is 10.1. The van der Waals surface area contributed by atoms with E-state index in [-0.39, 0.29) is 0 Å². The fourth-order valence-corrected chi connectivity index (χ4v) is 0.511. The molecule has 0 aliphatic heterocycles. The van der Waals surface area contributed by atoms with Crippen LogP contribution in [-0.4, -0.2) is 45.4 Å². The van der Waals surface area contributed by atoms with Crippen LogP contribution in [0, 0.1) is 0 Å². The number of carbonyl (C=O) groups is 2. The highest BCUT2D eigenvalue weighted by molar-refractivity contribution is 5.81. The number of primary amides is 1. The van der Waals surface area contributed by atoms with Crippen LogP contribution in [0.3, 0.4) is 0 Å². The molecule has 12 heavy (non-hydrogen) atoms. The molecule has 7 heteroatoms. The molecule has 0 bridgehead atoms. The van der Waals surface area contributed by atoms with Crippen molar-refractivity contribution >= 4 is 11.9 Å². The predicted octanol–water partition coefficient (Wildman–Crippen LogP) is -3.39. The minimum absolute atomic E-state index is 1.22. The van der Waals surface area contributed by atoms with Gasteiger partial charge in [0.05, 0.1) is 0 Å². The van der Waals surface area contributed by atoms with E-state index in [0.29, 0.717) is 0 Å². The Morgan fingerprint density at radius 3 is 1.92 bits per heavy atom. The molecule has 0 saturated heterocycles. The number of carboxylic acids is 1. The number of carboxylic acid groups (broad SMARTS) is 1. The molecule has 0 saturated carbocycles. The maximum atomic E-state index is 10.2. The summed E-state index contributed by atoms with van der Waals surface area (Å²) < 4.78 is 0. The molecule has 0 aliphatic rings. The van der Waals surface area contributed by atoms with E-state index in [1.165, 1.54) is 0 Å². The van der Waals surface area contributed by atoms with Gasteiger partial charge in [-0.25, -0.2) is 0 Å². The Balaban J connectivity index is 4.28. The normalized spacial score (nSPS) is 17.9. The van der Waals surface area contributed by atoms with Gasteiger partial charge in [-0.3, -0.25) is 9.59 Å². The lowest BCUT2D eigenvalue weighted by molar-refractivity contribution is -0.146. The second-order valence-electron chi connectivity index (χ2n) is 2.20. The predicted molar refractivity (Wildman–Crippen MR) is 36.8 cm³/mol. The molecule has 0 aromatic rings. The Hall–Kier alpha value is -1.18. The number of nitrogens with two attached hydrogens (primary N) is 2. The third-order valence-corrected chi connectivity index (χ3v) is 1.27. The van der Waals surface area contributed by atoms with Crippen molar-refractivity contribution in [2.24, 2.45) is 11.5 Å². The van der Waals surface area contributed by atoms with Crippen molar-refractivity contribution < 1.29 is 24.9 Å². The molecule has 0 aromatic carbocycles. The van der Waals surface area contributed by atoms with E-state index in [9.17, 15) is 9.59 Å². The summed E-state index contributed by atoms with van der Waals surface area (Å²) in [5.74, 6) is -2.75. The van der Waals surface area contributed by atoms with Gasteiger partial charge in [0.25, 0.3) is 0 Å². The van der Waals surface area contributed by atoms with E-state index in [0.717, 1.165) is 0 Å². The van der Waals surface area contributed by atoms with Crippen LogP contribution in [0.25, 0.3) is 0 Å². The standard InChI is InChI=1S/C5H10N2O5/c6-1(5(11)12)2(8)3(9)4(7)10/h1-3,8-9H,6H2,(H2,7,10)(H,11,12). The van der Waals surface area contributed by atoms with Crippen molar-refractivity contribution in [3.63, 3.8) is 0 Å². The third-order valence-electron chi connectivity index (χ3n) is 1.27. The molecule has 1 amide bonds. The van der Waals surface area contributed by atoms with Gasteiger partial charge in [0, 0.05) is 0 Å². The van der Waals surface area contributed by atoms with Crippen LogP contribution < -0.4 is 11.5 Å². The maximum absolute atomic E-state index is 10.2. The molecule has 7 N–H and O–H groups in total. The molecular formula is C5H10N2O5. The highest BCUT2D eigenvalue weighted by Gasteiger charge is 2.31. The molecule has 0 fully saturated rings. The fraction of sp³-hybridized carbons (Fsp3) is 0.600. The Labute approximate surface area is 67.6 Å². The van der Waals surface area contributed by atoms with Gasteiger partial charge in [0.2, 0.25) is 5.91 Å². The van der Waals surface area contributed by atoms with Gasteiger partial charge in [-0.15, -0.1) is 0 Å². The SMILES string of the molecule is NC(=O)C(O)C(O)C(N)C(=O)O. The molecule has 0 rings (SSSR count). The minimum atomic E-state index is -1.96. The van der Waals surface area contributed by atoms with E-state index in [1.54, 1.807) is 0 Å². The molecule has 7 nitrogen and oxygen atoms in total. The number of hydrogen-bond donors (Lipinski definition) is 5. The molecule has 0 aromatic heterocycles. The Morgan fingerprint density at radius 2 is 1.67 bits per heavy atom. The molecule has 0 aliphatic carbocycles. The molecule has 0 heterocycles. The molecule has 70 valence electrons. The number of aliphatic hydroxyl groups excluding tert-OH is 2. The van der Waals surface area contributed by atoms with E-state index >= 15 is 0 Å². The van der Waals surface area contributed by atoms with Gasteiger partial charge in [-0.2, -0.15) is 0 Å². The molecule has 3 atom stereocenters. The summed E-state index contributed by atoms with van der Waals surface area (Å²) in [5.41, 5.74) is 9.46. The molecule has 0 spiro atoms. The average molecular weight is 178 g/mol. The lowest BCUT2D eigenvalue weighted by Crippen LogP contribution is -2.52. The van der Waals surface area contributed by atoms with E-state index < -0.39 is 30.1 Å². The second kappa shape index (κ2) is 4.00. The summed E-state index contributed by atoms with van der Waals surface area (Å²) in [4.78, 5) is 20.4. The highest BCUT2D eigenvalue weighted by atomic mass is 16.4. The summed E-state index contributed by atoms with van der Waals surface area (Å²) in [6.45, 7) is 0. The topological polar surface area (TPSA) is 147 Å². The van der Waals surface area contributed by atoms with Crippen LogP contribution in [0.4, 0.5) is 0 Å².